The Morgan fingerprint density at radius 2 is 1.85 bits per heavy atom. The van der Waals surface area contributed by atoms with Crippen LogP contribution in [0.3, 0.4) is 0 Å². The van der Waals surface area contributed by atoms with Crippen LogP contribution in [0.15, 0.2) is 41.6 Å². The second-order valence-electron chi connectivity index (χ2n) is 7.43. The summed E-state index contributed by atoms with van der Waals surface area (Å²) in [4.78, 5) is 24.7. The van der Waals surface area contributed by atoms with Crippen molar-refractivity contribution in [2.24, 2.45) is 0 Å². The van der Waals surface area contributed by atoms with Gasteiger partial charge in [-0.2, -0.15) is 0 Å². The molecule has 1 aromatic heterocycles. The predicted molar refractivity (Wildman–Crippen MR) is 133 cm³/mol. The van der Waals surface area contributed by atoms with E-state index in [2.05, 4.69) is 20.8 Å². The van der Waals surface area contributed by atoms with Gasteiger partial charge in [0.1, 0.15) is 5.82 Å². The van der Waals surface area contributed by atoms with Gasteiger partial charge in [0.2, 0.25) is 5.91 Å². The molecule has 2 amide bonds. The average Bonchev–Trinajstić information content (AvgIpc) is 3.17. The fraction of sp³-hybridized carbons (Fsp3) is 0.304. The van der Waals surface area contributed by atoms with Gasteiger partial charge in [0.25, 0.3) is 5.91 Å². The van der Waals surface area contributed by atoms with Gasteiger partial charge in [-0.3, -0.25) is 9.59 Å². The van der Waals surface area contributed by atoms with Crippen molar-refractivity contribution < 1.29 is 9.59 Å². The van der Waals surface area contributed by atoms with Gasteiger partial charge in [-0.05, 0) is 50.6 Å². The molecule has 1 heterocycles. The number of halogens is 2. The SMILES string of the molecule is CCn1c(CCNC(=O)c2ccc(Cl)c(Cl)c2)nnc1SCC(=O)Nc1ccc(C)cc1C. The molecule has 0 aliphatic carbocycles. The van der Waals surface area contributed by atoms with Gasteiger partial charge >= 0.3 is 0 Å². The van der Waals surface area contributed by atoms with Crippen molar-refractivity contribution in [2.45, 2.75) is 38.9 Å². The van der Waals surface area contributed by atoms with E-state index in [0.29, 0.717) is 40.3 Å². The normalized spacial score (nSPS) is 10.8. The van der Waals surface area contributed by atoms with E-state index >= 15 is 0 Å². The fourth-order valence-corrected chi connectivity index (χ4v) is 4.35. The van der Waals surface area contributed by atoms with Crippen LogP contribution in [0, 0.1) is 13.8 Å². The minimum Gasteiger partial charge on any atom is -0.352 e. The van der Waals surface area contributed by atoms with Crippen molar-refractivity contribution in [1.82, 2.24) is 20.1 Å². The molecule has 0 saturated heterocycles. The number of aryl methyl sites for hydroxylation is 2. The van der Waals surface area contributed by atoms with Gasteiger partial charge in [-0.25, -0.2) is 0 Å². The molecule has 10 heteroatoms. The minimum atomic E-state index is -0.242. The Morgan fingerprint density at radius 3 is 2.55 bits per heavy atom. The molecule has 33 heavy (non-hydrogen) atoms. The summed E-state index contributed by atoms with van der Waals surface area (Å²) in [7, 11) is 0. The molecule has 0 atom stereocenters. The fourth-order valence-electron chi connectivity index (χ4n) is 3.23. The van der Waals surface area contributed by atoms with Gasteiger partial charge in [0.05, 0.1) is 15.8 Å². The maximum absolute atomic E-state index is 12.4. The monoisotopic (exact) mass is 505 g/mol. The predicted octanol–water partition coefficient (Wildman–Crippen LogP) is 4.92. The number of aromatic nitrogens is 3. The number of amides is 2. The third-order valence-corrected chi connectivity index (χ3v) is 6.62. The van der Waals surface area contributed by atoms with Crippen LogP contribution in [0.4, 0.5) is 5.69 Å². The molecule has 0 bridgehead atoms. The van der Waals surface area contributed by atoms with Crippen LogP contribution in [-0.4, -0.2) is 38.9 Å². The molecule has 174 valence electrons. The molecule has 0 aliphatic heterocycles. The van der Waals surface area contributed by atoms with Crippen LogP contribution < -0.4 is 10.6 Å². The number of benzene rings is 2. The van der Waals surface area contributed by atoms with Crippen molar-refractivity contribution in [3.05, 3.63) is 69.0 Å². The van der Waals surface area contributed by atoms with Crippen LogP contribution >= 0.6 is 35.0 Å². The minimum absolute atomic E-state index is 0.104. The lowest BCUT2D eigenvalue weighted by molar-refractivity contribution is -0.113. The highest BCUT2D eigenvalue weighted by molar-refractivity contribution is 7.99. The van der Waals surface area contributed by atoms with Crippen molar-refractivity contribution in [2.75, 3.05) is 17.6 Å². The smallest absolute Gasteiger partial charge is 0.251 e. The lowest BCUT2D eigenvalue weighted by Crippen LogP contribution is -2.26. The second-order valence-corrected chi connectivity index (χ2v) is 9.19. The summed E-state index contributed by atoms with van der Waals surface area (Å²) in [5.74, 6) is 0.616. The molecule has 3 aromatic rings. The maximum Gasteiger partial charge on any atom is 0.251 e. The Labute approximate surface area is 207 Å². The highest BCUT2D eigenvalue weighted by atomic mass is 35.5. The molecule has 0 unspecified atom stereocenters. The van der Waals surface area contributed by atoms with E-state index < -0.39 is 0 Å². The molecular formula is C23H25Cl2N5O2S. The Morgan fingerprint density at radius 1 is 1.06 bits per heavy atom. The van der Waals surface area contributed by atoms with Gasteiger partial charge in [0, 0.05) is 30.8 Å². The average molecular weight is 506 g/mol. The Balaban J connectivity index is 1.53. The zero-order valence-electron chi connectivity index (χ0n) is 18.6. The number of carbonyl (C=O) groups is 2. The highest BCUT2D eigenvalue weighted by Gasteiger charge is 2.14. The van der Waals surface area contributed by atoms with Gasteiger partial charge in [0.15, 0.2) is 5.16 Å². The topological polar surface area (TPSA) is 88.9 Å². The molecule has 7 nitrogen and oxygen atoms in total. The van der Waals surface area contributed by atoms with Crippen molar-refractivity contribution in [1.29, 1.82) is 0 Å². The van der Waals surface area contributed by atoms with Crippen LogP contribution in [0.1, 0.15) is 34.2 Å². The molecule has 2 N–H and O–H groups in total. The Bertz CT molecular complexity index is 1170. The largest absolute Gasteiger partial charge is 0.352 e. The van der Waals surface area contributed by atoms with E-state index in [0.717, 1.165) is 22.6 Å². The lowest BCUT2D eigenvalue weighted by Gasteiger charge is -2.10. The molecular weight excluding hydrogens is 481 g/mol. The van der Waals surface area contributed by atoms with E-state index in [4.69, 9.17) is 23.2 Å². The number of carbonyl (C=O) groups excluding carboxylic acids is 2. The molecule has 0 saturated carbocycles. The second kappa shape index (κ2) is 11.5. The Kier molecular flexibility index (Phi) is 8.77. The van der Waals surface area contributed by atoms with E-state index in [1.165, 1.54) is 17.8 Å². The summed E-state index contributed by atoms with van der Waals surface area (Å²) >= 11 is 13.2. The molecule has 0 fully saturated rings. The summed E-state index contributed by atoms with van der Waals surface area (Å²) < 4.78 is 1.94. The molecule has 2 aromatic carbocycles. The number of hydrogen-bond acceptors (Lipinski definition) is 5. The van der Waals surface area contributed by atoms with E-state index in [1.807, 2.05) is 43.5 Å². The first kappa shape index (κ1) is 25.1. The van der Waals surface area contributed by atoms with Gasteiger partial charge in [-0.1, -0.05) is 52.7 Å². The van der Waals surface area contributed by atoms with Crippen molar-refractivity contribution >= 4 is 52.5 Å². The van der Waals surface area contributed by atoms with E-state index in [9.17, 15) is 9.59 Å². The molecule has 3 rings (SSSR count). The first-order valence-electron chi connectivity index (χ1n) is 10.4. The first-order chi connectivity index (χ1) is 15.8. The molecule has 0 aliphatic rings. The Hall–Kier alpha value is -2.55. The summed E-state index contributed by atoms with van der Waals surface area (Å²) in [6.07, 6.45) is 0.503. The van der Waals surface area contributed by atoms with Gasteiger partial charge in [-0.15, -0.1) is 10.2 Å². The summed E-state index contributed by atoms with van der Waals surface area (Å²) in [5, 5.41) is 15.6. The van der Waals surface area contributed by atoms with E-state index in [-0.39, 0.29) is 17.6 Å². The number of hydrogen-bond donors (Lipinski definition) is 2. The van der Waals surface area contributed by atoms with Gasteiger partial charge < -0.3 is 15.2 Å². The standard InChI is InChI=1S/C23H25Cl2N5O2S/c1-4-30-20(9-10-26-22(32)16-6-7-17(24)18(25)12-16)28-29-23(30)33-13-21(31)27-19-8-5-14(2)11-15(19)3/h5-8,11-12H,4,9-10,13H2,1-3H3,(H,26,32)(H,27,31). The third-order valence-electron chi connectivity index (χ3n) is 4.91. The number of thioether (sulfide) groups is 1. The summed E-state index contributed by atoms with van der Waals surface area (Å²) in [6.45, 7) is 7.01. The van der Waals surface area contributed by atoms with Crippen LogP contribution in [0.25, 0.3) is 0 Å². The van der Waals surface area contributed by atoms with Crippen LogP contribution in [-0.2, 0) is 17.8 Å². The summed E-state index contributed by atoms with van der Waals surface area (Å²) in [6, 6.07) is 10.7. The number of nitrogens with zero attached hydrogens (tertiary/aromatic N) is 3. The molecule has 0 radical (unpaired) electrons. The van der Waals surface area contributed by atoms with Crippen LogP contribution in [0.5, 0.6) is 0 Å². The summed E-state index contributed by atoms with van der Waals surface area (Å²) in [5.41, 5.74) is 3.42. The lowest BCUT2D eigenvalue weighted by atomic mass is 10.1. The number of anilines is 1. The number of nitrogens with one attached hydrogen (secondary N) is 2. The molecule has 0 spiro atoms. The van der Waals surface area contributed by atoms with Crippen molar-refractivity contribution in [3.63, 3.8) is 0 Å². The first-order valence-corrected chi connectivity index (χ1v) is 12.2. The number of rotatable bonds is 9. The highest BCUT2D eigenvalue weighted by Crippen LogP contribution is 2.23. The van der Waals surface area contributed by atoms with Crippen molar-refractivity contribution in [3.8, 4) is 0 Å². The van der Waals surface area contributed by atoms with E-state index in [1.54, 1.807) is 12.1 Å². The maximum atomic E-state index is 12.4. The third kappa shape index (κ3) is 6.72. The zero-order valence-corrected chi connectivity index (χ0v) is 20.9. The zero-order chi connectivity index (χ0) is 24.0. The quantitative estimate of drug-likeness (QED) is 0.402. The van der Waals surface area contributed by atoms with Crippen LogP contribution in [0.2, 0.25) is 10.0 Å².